The molecule has 1 N–H and O–H groups in total. The van der Waals surface area contributed by atoms with Crippen LogP contribution in [0.15, 0.2) is 48.5 Å². The van der Waals surface area contributed by atoms with E-state index in [9.17, 15) is 9.90 Å². The van der Waals surface area contributed by atoms with Crippen LogP contribution in [0.25, 0.3) is 0 Å². The summed E-state index contributed by atoms with van der Waals surface area (Å²) in [5.41, 5.74) is 3.25. The van der Waals surface area contributed by atoms with Crippen molar-refractivity contribution in [3.63, 3.8) is 0 Å². The van der Waals surface area contributed by atoms with E-state index in [2.05, 4.69) is 6.92 Å². The Bertz CT molecular complexity index is 602. The van der Waals surface area contributed by atoms with Crippen molar-refractivity contribution in [2.45, 2.75) is 32.8 Å². The van der Waals surface area contributed by atoms with E-state index in [0.717, 1.165) is 17.5 Å². The van der Waals surface area contributed by atoms with Gasteiger partial charge in [-0.05, 0) is 42.2 Å². The largest absolute Gasteiger partial charge is 0.478 e. The molecule has 1 atom stereocenters. The van der Waals surface area contributed by atoms with Gasteiger partial charge >= 0.3 is 5.97 Å². The Morgan fingerprint density at radius 1 is 1.14 bits per heavy atom. The van der Waals surface area contributed by atoms with Crippen molar-refractivity contribution in [2.75, 3.05) is 0 Å². The molecule has 0 aliphatic rings. The van der Waals surface area contributed by atoms with Gasteiger partial charge in [-0.25, -0.2) is 4.79 Å². The Balaban J connectivity index is 2.10. The molecule has 3 heteroatoms. The van der Waals surface area contributed by atoms with Gasteiger partial charge in [-0.3, -0.25) is 0 Å². The molecule has 0 unspecified atom stereocenters. The van der Waals surface area contributed by atoms with Gasteiger partial charge in [0.05, 0.1) is 0 Å². The van der Waals surface area contributed by atoms with E-state index in [1.165, 1.54) is 5.56 Å². The normalized spacial score (nSPS) is 11.9. The molecule has 110 valence electrons. The Kier molecular flexibility index (Phi) is 4.99. The fraction of sp³-hybridized carbons (Fsp3) is 0.278. The van der Waals surface area contributed by atoms with Gasteiger partial charge < -0.3 is 9.84 Å². The molecule has 0 aliphatic carbocycles. The van der Waals surface area contributed by atoms with Gasteiger partial charge in [0.15, 0.2) is 6.10 Å². The number of hydrogen-bond acceptors (Lipinski definition) is 2. The van der Waals surface area contributed by atoms with Gasteiger partial charge in [0.1, 0.15) is 5.75 Å². The van der Waals surface area contributed by atoms with Crippen molar-refractivity contribution in [1.29, 1.82) is 0 Å². The second-order valence-electron chi connectivity index (χ2n) is 5.14. The Hall–Kier alpha value is -2.29. The summed E-state index contributed by atoms with van der Waals surface area (Å²) in [5.74, 6) is -0.358. The summed E-state index contributed by atoms with van der Waals surface area (Å²) >= 11 is 0. The maximum absolute atomic E-state index is 11.4. The zero-order valence-electron chi connectivity index (χ0n) is 12.4. The molecule has 2 aromatic carbocycles. The van der Waals surface area contributed by atoms with Gasteiger partial charge in [0.25, 0.3) is 0 Å². The van der Waals surface area contributed by atoms with Crippen LogP contribution in [0.2, 0.25) is 0 Å². The van der Waals surface area contributed by atoms with Crippen molar-refractivity contribution >= 4 is 5.97 Å². The highest BCUT2D eigenvalue weighted by molar-refractivity contribution is 5.73. The minimum absolute atomic E-state index is 0.354. The van der Waals surface area contributed by atoms with E-state index in [-0.39, 0.29) is 0 Å². The number of carboxylic acid groups (broad SMARTS) is 1. The molecule has 21 heavy (non-hydrogen) atoms. The van der Waals surface area contributed by atoms with Crippen molar-refractivity contribution in [3.8, 4) is 5.75 Å². The van der Waals surface area contributed by atoms with Gasteiger partial charge in [-0.1, -0.05) is 43.3 Å². The van der Waals surface area contributed by atoms with Crippen molar-refractivity contribution < 1.29 is 14.6 Å². The lowest BCUT2D eigenvalue weighted by atomic mass is 10.0. The van der Waals surface area contributed by atoms with Crippen LogP contribution in [0.5, 0.6) is 5.75 Å². The van der Waals surface area contributed by atoms with E-state index < -0.39 is 12.1 Å². The average Bonchev–Trinajstić information content (AvgIpc) is 2.47. The third kappa shape index (κ3) is 4.35. The molecule has 2 rings (SSSR count). The Morgan fingerprint density at radius 2 is 1.81 bits per heavy atom. The molecule has 0 spiro atoms. The predicted octanol–water partition coefficient (Wildman–Crippen LogP) is 3.63. The van der Waals surface area contributed by atoms with E-state index in [4.69, 9.17) is 4.74 Å². The first-order chi connectivity index (χ1) is 10.1. The van der Waals surface area contributed by atoms with E-state index in [1.54, 1.807) is 6.07 Å². The molecular formula is C18H20O3. The number of benzene rings is 2. The Morgan fingerprint density at radius 3 is 2.38 bits per heavy atom. The molecule has 0 fully saturated rings. The van der Waals surface area contributed by atoms with Crippen molar-refractivity contribution in [3.05, 3.63) is 65.2 Å². The molecular weight excluding hydrogens is 264 g/mol. The first-order valence-corrected chi connectivity index (χ1v) is 7.12. The van der Waals surface area contributed by atoms with Crippen LogP contribution in [0, 0.1) is 6.92 Å². The first kappa shape index (κ1) is 15.1. The number of carboxylic acids is 1. The molecule has 0 aliphatic heterocycles. The molecule has 0 radical (unpaired) electrons. The standard InChI is InChI=1S/C18H20O3/c1-3-14-7-9-15(10-8-14)12-17(18(19)20)21-16-6-4-5-13(2)11-16/h4-11,17H,3,12H2,1-2H3,(H,19,20)/t17-/m0/s1. The summed E-state index contributed by atoms with van der Waals surface area (Å²) in [6, 6.07) is 15.4. The third-order valence-corrected chi connectivity index (χ3v) is 3.40. The number of ether oxygens (including phenoxy) is 1. The van der Waals surface area contributed by atoms with Crippen LogP contribution >= 0.6 is 0 Å². The van der Waals surface area contributed by atoms with E-state index in [1.807, 2.05) is 49.4 Å². The molecule has 3 nitrogen and oxygen atoms in total. The average molecular weight is 284 g/mol. The van der Waals surface area contributed by atoms with Crippen LogP contribution in [-0.4, -0.2) is 17.2 Å². The Labute approximate surface area is 125 Å². The highest BCUT2D eigenvalue weighted by atomic mass is 16.5. The molecule has 0 bridgehead atoms. The zero-order valence-corrected chi connectivity index (χ0v) is 12.4. The van der Waals surface area contributed by atoms with Crippen LogP contribution < -0.4 is 4.74 Å². The quantitative estimate of drug-likeness (QED) is 0.881. The van der Waals surface area contributed by atoms with Gasteiger partial charge in [0, 0.05) is 6.42 Å². The molecule has 0 aromatic heterocycles. The first-order valence-electron chi connectivity index (χ1n) is 7.12. The van der Waals surface area contributed by atoms with Gasteiger partial charge in [0.2, 0.25) is 0 Å². The number of hydrogen-bond donors (Lipinski definition) is 1. The zero-order chi connectivity index (χ0) is 15.2. The summed E-state index contributed by atoms with van der Waals surface area (Å²) in [4.78, 5) is 11.4. The molecule has 0 amide bonds. The minimum Gasteiger partial charge on any atom is -0.478 e. The molecule has 0 heterocycles. The lowest BCUT2D eigenvalue weighted by Gasteiger charge is -2.15. The maximum atomic E-state index is 11.4. The number of aryl methyl sites for hydroxylation is 2. The number of rotatable bonds is 6. The summed E-state index contributed by atoms with van der Waals surface area (Å²) in [6.07, 6.45) is 0.453. The van der Waals surface area contributed by atoms with Gasteiger partial charge in [-0.2, -0.15) is 0 Å². The van der Waals surface area contributed by atoms with Crippen molar-refractivity contribution in [2.24, 2.45) is 0 Å². The monoisotopic (exact) mass is 284 g/mol. The fourth-order valence-electron chi connectivity index (χ4n) is 2.16. The van der Waals surface area contributed by atoms with E-state index in [0.29, 0.717) is 12.2 Å². The smallest absolute Gasteiger partial charge is 0.345 e. The maximum Gasteiger partial charge on any atom is 0.345 e. The molecule has 0 saturated heterocycles. The van der Waals surface area contributed by atoms with Crippen LogP contribution in [0.3, 0.4) is 0 Å². The highest BCUT2D eigenvalue weighted by Gasteiger charge is 2.20. The fourth-order valence-corrected chi connectivity index (χ4v) is 2.16. The summed E-state index contributed by atoms with van der Waals surface area (Å²) in [5, 5.41) is 9.34. The van der Waals surface area contributed by atoms with Crippen molar-refractivity contribution in [1.82, 2.24) is 0 Å². The second kappa shape index (κ2) is 6.93. The predicted molar refractivity (Wildman–Crippen MR) is 82.8 cm³/mol. The minimum atomic E-state index is -0.948. The summed E-state index contributed by atoms with van der Waals surface area (Å²) in [6.45, 7) is 4.04. The molecule has 2 aromatic rings. The van der Waals surface area contributed by atoms with Crippen LogP contribution in [0.4, 0.5) is 0 Å². The van der Waals surface area contributed by atoms with Crippen LogP contribution in [-0.2, 0) is 17.6 Å². The lowest BCUT2D eigenvalue weighted by Crippen LogP contribution is -2.29. The SMILES string of the molecule is CCc1ccc(C[C@H](Oc2cccc(C)c2)C(=O)O)cc1. The highest BCUT2D eigenvalue weighted by Crippen LogP contribution is 2.17. The topological polar surface area (TPSA) is 46.5 Å². The van der Waals surface area contributed by atoms with Gasteiger partial charge in [-0.15, -0.1) is 0 Å². The molecule has 0 saturated carbocycles. The summed E-state index contributed by atoms with van der Waals surface area (Å²) < 4.78 is 5.62. The van der Waals surface area contributed by atoms with Crippen LogP contribution in [0.1, 0.15) is 23.6 Å². The number of aliphatic carboxylic acids is 1. The van der Waals surface area contributed by atoms with E-state index >= 15 is 0 Å². The second-order valence-corrected chi connectivity index (χ2v) is 5.14. The third-order valence-electron chi connectivity index (χ3n) is 3.40. The number of carbonyl (C=O) groups is 1. The summed E-state index contributed by atoms with van der Waals surface area (Å²) in [7, 11) is 0. The lowest BCUT2D eigenvalue weighted by molar-refractivity contribution is -0.145.